The molecule has 2 nitrogen and oxygen atoms in total. The van der Waals surface area contributed by atoms with E-state index in [0.717, 1.165) is 0 Å². The zero-order valence-corrected chi connectivity index (χ0v) is 11.6. The summed E-state index contributed by atoms with van der Waals surface area (Å²) in [6.07, 6.45) is 0.193. The van der Waals surface area contributed by atoms with E-state index in [0.29, 0.717) is 5.92 Å². The minimum atomic E-state index is -0.0210. The molecule has 3 unspecified atom stereocenters. The van der Waals surface area contributed by atoms with Gasteiger partial charge in [0, 0.05) is 6.04 Å². The van der Waals surface area contributed by atoms with Gasteiger partial charge in [-0.3, -0.25) is 0 Å². The van der Waals surface area contributed by atoms with Gasteiger partial charge in [0.2, 0.25) is 0 Å². The molecule has 0 saturated carbocycles. The molecule has 0 fully saturated rings. The molecule has 96 valence electrons. The van der Waals surface area contributed by atoms with E-state index in [1.54, 1.807) is 0 Å². The predicted molar refractivity (Wildman–Crippen MR) is 73.0 cm³/mol. The Morgan fingerprint density at radius 2 is 1.76 bits per heavy atom. The maximum atomic E-state index is 6.09. The molecule has 0 spiro atoms. The minimum absolute atomic E-state index is 0.00185. The highest BCUT2D eigenvalue weighted by molar-refractivity contribution is 5.25. The van der Waals surface area contributed by atoms with Crippen LogP contribution in [0.3, 0.4) is 0 Å². The van der Waals surface area contributed by atoms with E-state index < -0.39 is 0 Å². The van der Waals surface area contributed by atoms with Gasteiger partial charge in [-0.05, 0) is 32.3 Å². The maximum absolute atomic E-state index is 6.09. The lowest BCUT2D eigenvalue weighted by atomic mass is 10.0. The van der Waals surface area contributed by atoms with E-state index in [2.05, 4.69) is 52.0 Å². The van der Waals surface area contributed by atoms with Gasteiger partial charge < -0.3 is 10.5 Å². The highest BCUT2D eigenvalue weighted by Crippen LogP contribution is 2.24. The average Bonchev–Trinajstić information content (AvgIpc) is 2.24. The van der Waals surface area contributed by atoms with Crippen molar-refractivity contribution in [3.8, 4) is 0 Å². The summed E-state index contributed by atoms with van der Waals surface area (Å²) in [4.78, 5) is 0. The summed E-state index contributed by atoms with van der Waals surface area (Å²) < 4.78 is 6.09. The van der Waals surface area contributed by atoms with Gasteiger partial charge in [-0.25, -0.2) is 0 Å². The van der Waals surface area contributed by atoms with Gasteiger partial charge in [-0.15, -0.1) is 0 Å². The molecule has 1 aromatic carbocycles. The third kappa shape index (κ3) is 4.14. The van der Waals surface area contributed by atoms with Crippen LogP contribution in [-0.4, -0.2) is 12.1 Å². The summed E-state index contributed by atoms with van der Waals surface area (Å²) in [5.41, 5.74) is 8.46. The zero-order valence-electron chi connectivity index (χ0n) is 11.6. The lowest BCUT2D eigenvalue weighted by molar-refractivity contribution is -0.0364. The van der Waals surface area contributed by atoms with Crippen LogP contribution < -0.4 is 5.73 Å². The summed E-state index contributed by atoms with van der Waals surface area (Å²) >= 11 is 0. The molecule has 0 aliphatic heterocycles. The van der Waals surface area contributed by atoms with Crippen LogP contribution in [0, 0.1) is 12.8 Å². The Bertz CT molecular complexity index is 347. The molecule has 1 rings (SSSR count). The molecule has 2 N–H and O–H groups in total. The average molecular weight is 235 g/mol. The second-order valence-electron chi connectivity index (χ2n) is 5.28. The van der Waals surface area contributed by atoms with Crippen LogP contribution in [0.5, 0.6) is 0 Å². The molecule has 3 atom stereocenters. The molecular weight excluding hydrogens is 210 g/mol. The maximum Gasteiger partial charge on any atom is 0.0976 e. The third-order valence-corrected chi connectivity index (χ3v) is 3.15. The van der Waals surface area contributed by atoms with Crippen LogP contribution in [0.1, 0.15) is 44.9 Å². The van der Waals surface area contributed by atoms with Gasteiger partial charge in [0.25, 0.3) is 0 Å². The van der Waals surface area contributed by atoms with Gasteiger partial charge in [0.15, 0.2) is 0 Å². The Balaban J connectivity index is 2.86. The summed E-state index contributed by atoms with van der Waals surface area (Å²) in [7, 11) is 0. The fraction of sp³-hybridized carbons (Fsp3) is 0.600. The molecule has 0 heterocycles. The standard InChI is InChI=1S/C15H25NO/c1-10(2)13(5)17-15(12(4)16)14-8-6-7-11(3)9-14/h6-10,12-13,15H,16H2,1-5H3. The van der Waals surface area contributed by atoms with Gasteiger partial charge in [0.05, 0.1) is 12.2 Å². The van der Waals surface area contributed by atoms with Crippen molar-refractivity contribution in [2.45, 2.75) is 52.9 Å². The van der Waals surface area contributed by atoms with Crippen molar-refractivity contribution in [3.63, 3.8) is 0 Å². The van der Waals surface area contributed by atoms with E-state index in [-0.39, 0.29) is 18.2 Å². The monoisotopic (exact) mass is 235 g/mol. The Morgan fingerprint density at radius 1 is 1.12 bits per heavy atom. The first-order valence-corrected chi connectivity index (χ1v) is 6.39. The number of rotatable bonds is 5. The zero-order chi connectivity index (χ0) is 13.0. The largest absolute Gasteiger partial charge is 0.369 e. The van der Waals surface area contributed by atoms with E-state index in [4.69, 9.17) is 10.5 Å². The van der Waals surface area contributed by atoms with E-state index >= 15 is 0 Å². The summed E-state index contributed by atoms with van der Waals surface area (Å²) in [6.45, 7) is 10.5. The van der Waals surface area contributed by atoms with E-state index in [1.807, 2.05) is 6.92 Å². The fourth-order valence-corrected chi connectivity index (χ4v) is 1.74. The van der Waals surface area contributed by atoms with Crippen molar-refractivity contribution in [1.82, 2.24) is 0 Å². The van der Waals surface area contributed by atoms with E-state index in [1.165, 1.54) is 11.1 Å². The number of hydrogen-bond donors (Lipinski definition) is 1. The second-order valence-corrected chi connectivity index (χ2v) is 5.28. The highest BCUT2D eigenvalue weighted by atomic mass is 16.5. The fourth-order valence-electron chi connectivity index (χ4n) is 1.74. The topological polar surface area (TPSA) is 35.2 Å². The number of aryl methyl sites for hydroxylation is 1. The number of ether oxygens (including phenoxy) is 1. The summed E-state index contributed by atoms with van der Waals surface area (Å²) in [6, 6.07) is 8.39. The second kappa shape index (κ2) is 6.18. The minimum Gasteiger partial charge on any atom is -0.369 e. The molecule has 0 aromatic heterocycles. The molecule has 0 amide bonds. The number of nitrogens with two attached hydrogens (primary N) is 1. The van der Waals surface area contributed by atoms with Crippen LogP contribution >= 0.6 is 0 Å². The van der Waals surface area contributed by atoms with Crippen LogP contribution in [0.4, 0.5) is 0 Å². The van der Waals surface area contributed by atoms with Crippen molar-refractivity contribution in [2.75, 3.05) is 0 Å². The molecule has 1 aromatic rings. The molecule has 2 heteroatoms. The summed E-state index contributed by atoms with van der Waals surface area (Å²) in [5.74, 6) is 0.501. The Kier molecular flexibility index (Phi) is 5.16. The molecule has 0 radical (unpaired) electrons. The summed E-state index contributed by atoms with van der Waals surface area (Å²) in [5, 5.41) is 0. The number of hydrogen-bond acceptors (Lipinski definition) is 2. The Morgan fingerprint density at radius 3 is 2.24 bits per heavy atom. The molecule has 0 bridgehead atoms. The first-order chi connectivity index (χ1) is 7.91. The Hall–Kier alpha value is -0.860. The van der Waals surface area contributed by atoms with Crippen molar-refractivity contribution in [3.05, 3.63) is 35.4 Å². The van der Waals surface area contributed by atoms with Crippen molar-refractivity contribution < 1.29 is 4.74 Å². The predicted octanol–water partition coefficient (Wildman–Crippen LogP) is 3.44. The Labute approximate surface area is 105 Å². The van der Waals surface area contributed by atoms with Crippen LogP contribution in [-0.2, 0) is 4.74 Å². The van der Waals surface area contributed by atoms with Crippen LogP contribution in [0.25, 0.3) is 0 Å². The van der Waals surface area contributed by atoms with Crippen molar-refractivity contribution >= 4 is 0 Å². The van der Waals surface area contributed by atoms with E-state index in [9.17, 15) is 0 Å². The molecular formula is C15H25NO. The van der Waals surface area contributed by atoms with Crippen molar-refractivity contribution in [1.29, 1.82) is 0 Å². The normalized spacial score (nSPS) is 16.9. The molecule has 0 aliphatic carbocycles. The third-order valence-electron chi connectivity index (χ3n) is 3.15. The van der Waals surface area contributed by atoms with Gasteiger partial charge in [0.1, 0.15) is 0 Å². The van der Waals surface area contributed by atoms with Gasteiger partial charge in [-0.1, -0.05) is 43.7 Å². The lowest BCUT2D eigenvalue weighted by Crippen LogP contribution is -2.31. The molecule has 0 aliphatic rings. The van der Waals surface area contributed by atoms with Crippen LogP contribution in [0.2, 0.25) is 0 Å². The van der Waals surface area contributed by atoms with Crippen LogP contribution in [0.15, 0.2) is 24.3 Å². The quantitative estimate of drug-likeness (QED) is 0.848. The molecule has 17 heavy (non-hydrogen) atoms. The molecule has 0 saturated heterocycles. The highest BCUT2D eigenvalue weighted by Gasteiger charge is 2.21. The van der Waals surface area contributed by atoms with Gasteiger partial charge in [-0.2, -0.15) is 0 Å². The first-order valence-electron chi connectivity index (χ1n) is 6.39. The van der Waals surface area contributed by atoms with Crippen molar-refractivity contribution in [2.24, 2.45) is 11.7 Å². The lowest BCUT2D eigenvalue weighted by Gasteiger charge is -2.28. The first kappa shape index (κ1) is 14.2. The SMILES string of the molecule is Cc1cccc(C(OC(C)C(C)C)C(C)N)c1. The number of benzene rings is 1. The smallest absolute Gasteiger partial charge is 0.0976 e. The van der Waals surface area contributed by atoms with Gasteiger partial charge >= 0.3 is 0 Å².